The number of carbonyl (C=O) groups excluding carboxylic acids is 1. The van der Waals surface area contributed by atoms with Gasteiger partial charge in [-0.2, -0.15) is 0 Å². The Morgan fingerprint density at radius 2 is 2.40 bits per heavy atom. The molecule has 0 saturated carbocycles. The second-order valence-corrected chi connectivity index (χ2v) is 6.19. The lowest BCUT2D eigenvalue weighted by Crippen LogP contribution is -2.33. The van der Waals surface area contributed by atoms with E-state index in [9.17, 15) is 4.79 Å². The van der Waals surface area contributed by atoms with Gasteiger partial charge in [0.2, 0.25) is 5.91 Å². The number of benzene rings is 1. The predicted molar refractivity (Wildman–Crippen MR) is 80.9 cm³/mol. The van der Waals surface area contributed by atoms with E-state index in [1.54, 1.807) is 22.7 Å². The summed E-state index contributed by atoms with van der Waals surface area (Å²) in [5.41, 5.74) is 7.19. The van der Waals surface area contributed by atoms with Crippen molar-refractivity contribution in [3.8, 4) is 0 Å². The van der Waals surface area contributed by atoms with Crippen molar-refractivity contribution >= 4 is 23.5 Å². The van der Waals surface area contributed by atoms with Gasteiger partial charge in [0.05, 0.1) is 5.25 Å². The molecule has 6 heteroatoms. The summed E-state index contributed by atoms with van der Waals surface area (Å²) in [5.74, 6) is 1.33. The van der Waals surface area contributed by atoms with Crippen molar-refractivity contribution in [2.45, 2.75) is 24.6 Å². The summed E-state index contributed by atoms with van der Waals surface area (Å²) < 4.78 is 0. The fourth-order valence-corrected chi connectivity index (χ4v) is 3.53. The Kier molecular flexibility index (Phi) is 4.89. The molecule has 0 radical (unpaired) electrons. The summed E-state index contributed by atoms with van der Waals surface area (Å²) in [7, 11) is 1.82. The van der Waals surface area contributed by atoms with Gasteiger partial charge in [-0.25, -0.2) is 0 Å². The van der Waals surface area contributed by atoms with Crippen LogP contribution in [0.1, 0.15) is 24.0 Å². The smallest absolute Gasteiger partial charge is 0.235 e. The van der Waals surface area contributed by atoms with Gasteiger partial charge >= 0.3 is 0 Å². The fourth-order valence-electron chi connectivity index (χ4n) is 2.26. The molecule has 1 unspecified atom stereocenters. The van der Waals surface area contributed by atoms with E-state index in [1.807, 2.05) is 25.2 Å². The van der Waals surface area contributed by atoms with Crippen LogP contribution in [-0.2, 0) is 11.3 Å². The van der Waals surface area contributed by atoms with Crippen LogP contribution in [0.25, 0.3) is 0 Å². The lowest BCUT2D eigenvalue weighted by atomic mass is 10.1. The largest absolute Gasteiger partial charge is 0.409 e. The van der Waals surface area contributed by atoms with Crippen LogP contribution in [0.15, 0.2) is 29.4 Å². The number of hydrogen-bond donors (Lipinski definition) is 2. The average molecular weight is 293 g/mol. The first-order chi connectivity index (χ1) is 9.61. The molecule has 1 heterocycles. The lowest BCUT2D eigenvalue weighted by Gasteiger charge is -2.20. The number of rotatable bonds is 4. The minimum atomic E-state index is 0.0761. The van der Waals surface area contributed by atoms with Crippen LogP contribution in [0.5, 0.6) is 0 Å². The predicted octanol–water partition coefficient (Wildman–Crippen LogP) is 1.64. The molecule has 0 aliphatic carbocycles. The van der Waals surface area contributed by atoms with Gasteiger partial charge in [0.25, 0.3) is 0 Å². The number of nitrogens with two attached hydrogens (primary N) is 1. The Hall–Kier alpha value is -1.69. The highest BCUT2D eigenvalue weighted by molar-refractivity contribution is 8.00. The molecule has 5 nitrogen and oxygen atoms in total. The van der Waals surface area contributed by atoms with E-state index in [0.29, 0.717) is 12.1 Å². The summed E-state index contributed by atoms with van der Waals surface area (Å²) in [6, 6.07) is 7.37. The number of hydrogen-bond acceptors (Lipinski definition) is 4. The normalized spacial score (nSPS) is 19.1. The van der Waals surface area contributed by atoms with E-state index in [1.165, 1.54) is 0 Å². The molecule has 1 amide bonds. The van der Waals surface area contributed by atoms with Crippen molar-refractivity contribution in [2.75, 3.05) is 12.8 Å². The lowest BCUT2D eigenvalue weighted by molar-refractivity contribution is -0.129. The van der Waals surface area contributed by atoms with Crippen LogP contribution < -0.4 is 5.73 Å². The van der Waals surface area contributed by atoms with Crippen molar-refractivity contribution in [1.82, 2.24) is 4.90 Å². The topological polar surface area (TPSA) is 78.9 Å². The zero-order chi connectivity index (χ0) is 14.5. The molecule has 2 rings (SSSR count). The van der Waals surface area contributed by atoms with Crippen molar-refractivity contribution < 1.29 is 10.0 Å². The Labute approximate surface area is 122 Å². The standard InChI is InChI=1S/C14H19N3O2S/c1-17(14(18)12-6-3-7-20-12)9-10-4-2-5-11(8-10)13(15)16-19/h2,4-5,8,12,19H,3,6-7,9H2,1H3,(H2,15,16). The molecule has 0 aromatic heterocycles. The number of amidine groups is 1. The molecular formula is C14H19N3O2S. The van der Waals surface area contributed by atoms with Crippen LogP contribution in [0, 0.1) is 0 Å². The zero-order valence-electron chi connectivity index (χ0n) is 11.5. The molecule has 1 atom stereocenters. The summed E-state index contributed by atoms with van der Waals surface area (Å²) in [6.07, 6.45) is 2.09. The zero-order valence-corrected chi connectivity index (χ0v) is 12.3. The maximum atomic E-state index is 12.2. The van der Waals surface area contributed by atoms with Gasteiger partial charge in [0, 0.05) is 19.2 Å². The minimum absolute atomic E-state index is 0.0761. The third-order valence-electron chi connectivity index (χ3n) is 3.33. The summed E-state index contributed by atoms with van der Waals surface area (Å²) in [5, 5.41) is 11.8. The average Bonchev–Trinajstić information content (AvgIpc) is 3.00. The van der Waals surface area contributed by atoms with Crippen molar-refractivity contribution in [2.24, 2.45) is 10.9 Å². The van der Waals surface area contributed by atoms with Crippen LogP contribution >= 0.6 is 11.8 Å². The molecule has 20 heavy (non-hydrogen) atoms. The Morgan fingerprint density at radius 1 is 1.60 bits per heavy atom. The quantitative estimate of drug-likeness (QED) is 0.383. The highest BCUT2D eigenvalue weighted by Gasteiger charge is 2.26. The van der Waals surface area contributed by atoms with Gasteiger partial charge in [-0.3, -0.25) is 4.79 Å². The molecule has 1 aliphatic rings. The molecule has 3 N–H and O–H groups in total. The highest BCUT2D eigenvalue weighted by Crippen LogP contribution is 2.27. The monoisotopic (exact) mass is 293 g/mol. The van der Waals surface area contributed by atoms with E-state index in [4.69, 9.17) is 10.9 Å². The van der Waals surface area contributed by atoms with Crippen LogP contribution in [-0.4, -0.2) is 39.9 Å². The molecule has 0 spiro atoms. The van der Waals surface area contributed by atoms with E-state index in [-0.39, 0.29) is 17.0 Å². The second kappa shape index (κ2) is 6.65. The SMILES string of the molecule is CN(Cc1cccc(C(N)=NO)c1)C(=O)C1CCCS1. The number of oxime groups is 1. The second-order valence-electron chi connectivity index (χ2n) is 4.88. The third kappa shape index (κ3) is 3.45. The third-order valence-corrected chi connectivity index (χ3v) is 4.70. The van der Waals surface area contributed by atoms with Gasteiger partial charge < -0.3 is 15.8 Å². The van der Waals surface area contributed by atoms with E-state index >= 15 is 0 Å². The highest BCUT2D eigenvalue weighted by atomic mass is 32.2. The van der Waals surface area contributed by atoms with Gasteiger partial charge in [-0.05, 0) is 30.2 Å². The molecule has 1 aliphatic heterocycles. The van der Waals surface area contributed by atoms with Gasteiger partial charge in [0.15, 0.2) is 5.84 Å². The van der Waals surface area contributed by atoms with Crippen LogP contribution in [0.3, 0.4) is 0 Å². The Balaban J connectivity index is 2.03. The van der Waals surface area contributed by atoms with E-state index in [2.05, 4.69) is 5.16 Å². The maximum absolute atomic E-state index is 12.2. The Morgan fingerprint density at radius 3 is 3.05 bits per heavy atom. The molecule has 1 aromatic rings. The first-order valence-electron chi connectivity index (χ1n) is 6.55. The summed E-state index contributed by atoms with van der Waals surface area (Å²) >= 11 is 1.74. The number of carbonyl (C=O) groups is 1. The molecule has 1 saturated heterocycles. The number of thioether (sulfide) groups is 1. The Bertz CT molecular complexity index is 513. The van der Waals surface area contributed by atoms with Crippen molar-refractivity contribution in [3.63, 3.8) is 0 Å². The summed E-state index contributed by atoms with van der Waals surface area (Å²) in [6.45, 7) is 0.530. The van der Waals surface area contributed by atoms with Gasteiger partial charge in [-0.1, -0.05) is 23.4 Å². The molecule has 108 valence electrons. The molecular weight excluding hydrogens is 274 g/mol. The van der Waals surface area contributed by atoms with Gasteiger partial charge in [0.1, 0.15) is 0 Å². The van der Waals surface area contributed by atoms with Crippen molar-refractivity contribution in [3.05, 3.63) is 35.4 Å². The van der Waals surface area contributed by atoms with Gasteiger partial charge in [-0.15, -0.1) is 11.8 Å². The van der Waals surface area contributed by atoms with Crippen LogP contribution in [0.4, 0.5) is 0 Å². The number of amides is 1. The molecule has 0 bridgehead atoms. The van der Waals surface area contributed by atoms with Crippen molar-refractivity contribution in [1.29, 1.82) is 0 Å². The van der Waals surface area contributed by atoms with E-state index in [0.717, 1.165) is 24.2 Å². The summed E-state index contributed by atoms with van der Waals surface area (Å²) in [4.78, 5) is 14.0. The molecule has 1 fully saturated rings. The molecule has 1 aromatic carbocycles. The van der Waals surface area contributed by atoms with Crippen LogP contribution in [0.2, 0.25) is 0 Å². The number of nitrogens with zero attached hydrogens (tertiary/aromatic N) is 2. The first kappa shape index (κ1) is 14.7. The minimum Gasteiger partial charge on any atom is -0.409 e. The maximum Gasteiger partial charge on any atom is 0.235 e. The van der Waals surface area contributed by atoms with E-state index < -0.39 is 0 Å². The first-order valence-corrected chi connectivity index (χ1v) is 7.60. The fraction of sp³-hybridized carbons (Fsp3) is 0.429.